The summed E-state index contributed by atoms with van der Waals surface area (Å²) in [5.41, 5.74) is 0. The lowest BCUT2D eigenvalue weighted by atomic mass is 10.3. The molecule has 2 rings (SSSR count). The number of rotatable bonds is 3. The van der Waals surface area contributed by atoms with Crippen LogP contribution >= 0.6 is 0 Å². The monoisotopic (exact) mass is 237 g/mol. The van der Waals surface area contributed by atoms with Gasteiger partial charge in [-0.25, -0.2) is 4.39 Å². The van der Waals surface area contributed by atoms with Gasteiger partial charge in [0, 0.05) is 26.2 Å². The topological polar surface area (TPSA) is 28.1 Å². The molecule has 1 aliphatic rings. The lowest BCUT2D eigenvalue weighted by Crippen LogP contribution is -2.43. The first-order valence-corrected chi connectivity index (χ1v) is 5.63. The van der Waals surface area contributed by atoms with Crippen LogP contribution in [0.25, 0.3) is 0 Å². The van der Waals surface area contributed by atoms with Crippen molar-refractivity contribution in [2.45, 2.75) is 0 Å². The van der Waals surface area contributed by atoms with Gasteiger partial charge in [-0.1, -0.05) is 5.16 Å². The summed E-state index contributed by atoms with van der Waals surface area (Å²) >= 11 is 0. The van der Waals surface area contributed by atoms with Crippen LogP contribution in [-0.2, 0) is 0 Å². The summed E-state index contributed by atoms with van der Waals surface area (Å²) in [6, 6.07) is 5.80. The van der Waals surface area contributed by atoms with Gasteiger partial charge in [-0.15, -0.1) is 0 Å². The summed E-state index contributed by atoms with van der Waals surface area (Å²) in [5.74, 6) is 0.261. The highest BCUT2D eigenvalue weighted by molar-refractivity contribution is 5.54. The zero-order chi connectivity index (χ0) is 12.1. The second-order valence-electron chi connectivity index (χ2n) is 4.11. The Balaban J connectivity index is 1.79. The number of hydrogen-bond donors (Lipinski definition) is 0. The van der Waals surface area contributed by atoms with E-state index in [1.54, 1.807) is 18.5 Å². The SMILES string of the molecule is CN1CCN(/C=N/Oc2ccc(F)cc2)CC1. The molecule has 0 bridgehead atoms. The molecule has 0 N–H and O–H groups in total. The maximum Gasteiger partial charge on any atom is 0.158 e. The van der Waals surface area contributed by atoms with Gasteiger partial charge in [0.05, 0.1) is 0 Å². The Labute approximate surface area is 100 Å². The maximum atomic E-state index is 12.6. The standard InChI is InChI=1S/C12H16FN3O/c1-15-6-8-16(9-7-15)10-14-17-12-4-2-11(13)3-5-12/h2-5,10H,6-9H2,1H3/b14-10+. The van der Waals surface area contributed by atoms with Crippen LogP contribution in [0.4, 0.5) is 4.39 Å². The van der Waals surface area contributed by atoms with Gasteiger partial charge in [0.25, 0.3) is 0 Å². The molecule has 5 heteroatoms. The van der Waals surface area contributed by atoms with Gasteiger partial charge < -0.3 is 14.6 Å². The molecule has 0 unspecified atom stereocenters. The fourth-order valence-corrected chi connectivity index (χ4v) is 1.58. The number of benzene rings is 1. The average Bonchev–Trinajstić information content (AvgIpc) is 2.34. The molecule has 0 saturated carbocycles. The first kappa shape index (κ1) is 11.9. The van der Waals surface area contributed by atoms with Crippen molar-refractivity contribution in [3.05, 3.63) is 30.1 Å². The molecule has 4 nitrogen and oxygen atoms in total. The van der Waals surface area contributed by atoms with E-state index in [0.29, 0.717) is 5.75 Å². The van der Waals surface area contributed by atoms with Crippen molar-refractivity contribution in [1.82, 2.24) is 9.80 Å². The van der Waals surface area contributed by atoms with E-state index in [2.05, 4.69) is 22.0 Å². The summed E-state index contributed by atoms with van der Waals surface area (Å²) in [6.07, 6.45) is 1.69. The van der Waals surface area contributed by atoms with Gasteiger partial charge in [-0.3, -0.25) is 0 Å². The van der Waals surface area contributed by atoms with E-state index in [9.17, 15) is 4.39 Å². The van der Waals surface area contributed by atoms with Crippen molar-refractivity contribution in [2.75, 3.05) is 33.2 Å². The normalized spacial score (nSPS) is 17.6. The van der Waals surface area contributed by atoms with E-state index in [1.807, 2.05) is 0 Å². The number of halogens is 1. The Kier molecular flexibility index (Phi) is 3.93. The molecule has 1 saturated heterocycles. The lowest BCUT2D eigenvalue weighted by molar-refractivity contribution is 0.214. The molecule has 1 aliphatic heterocycles. The Bertz CT molecular complexity index is 372. The van der Waals surface area contributed by atoms with Crippen LogP contribution in [0, 0.1) is 5.82 Å². The summed E-state index contributed by atoms with van der Waals surface area (Å²) < 4.78 is 12.6. The Morgan fingerprint density at radius 1 is 1.18 bits per heavy atom. The Morgan fingerprint density at radius 2 is 1.82 bits per heavy atom. The molecule has 1 aromatic carbocycles. The van der Waals surface area contributed by atoms with Crippen LogP contribution in [0.15, 0.2) is 29.4 Å². The van der Waals surface area contributed by atoms with Gasteiger partial charge in [0.1, 0.15) is 12.2 Å². The lowest BCUT2D eigenvalue weighted by Gasteiger charge is -2.30. The Hall–Kier alpha value is -1.62. The average molecular weight is 237 g/mol. The molecule has 0 radical (unpaired) electrons. The van der Waals surface area contributed by atoms with E-state index in [4.69, 9.17) is 4.84 Å². The van der Waals surface area contributed by atoms with Gasteiger partial charge in [0.2, 0.25) is 0 Å². The van der Waals surface area contributed by atoms with Crippen molar-refractivity contribution in [2.24, 2.45) is 5.16 Å². The molecule has 17 heavy (non-hydrogen) atoms. The fourth-order valence-electron chi connectivity index (χ4n) is 1.58. The highest BCUT2D eigenvalue weighted by atomic mass is 19.1. The smallest absolute Gasteiger partial charge is 0.158 e. The van der Waals surface area contributed by atoms with Crippen molar-refractivity contribution < 1.29 is 9.23 Å². The highest BCUT2D eigenvalue weighted by Gasteiger charge is 2.10. The molecule has 0 aliphatic carbocycles. The molecule has 0 atom stereocenters. The highest BCUT2D eigenvalue weighted by Crippen LogP contribution is 2.10. The molecule has 0 spiro atoms. The number of hydrogen-bond acceptors (Lipinski definition) is 3. The summed E-state index contributed by atoms with van der Waals surface area (Å²) in [6.45, 7) is 3.96. The molecular weight excluding hydrogens is 221 g/mol. The quantitative estimate of drug-likeness (QED) is 0.452. The number of oxime groups is 1. The maximum absolute atomic E-state index is 12.6. The van der Waals surface area contributed by atoms with Crippen LogP contribution < -0.4 is 4.84 Å². The van der Waals surface area contributed by atoms with E-state index in [1.165, 1.54) is 12.1 Å². The minimum absolute atomic E-state index is 0.277. The molecule has 1 heterocycles. The first-order valence-electron chi connectivity index (χ1n) is 5.63. The predicted octanol–water partition coefficient (Wildman–Crippen LogP) is 1.40. The molecule has 0 amide bonds. The molecule has 1 fully saturated rings. The Morgan fingerprint density at radius 3 is 2.47 bits per heavy atom. The van der Waals surface area contributed by atoms with Gasteiger partial charge in [-0.2, -0.15) is 0 Å². The van der Waals surface area contributed by atoms with E-state index in [-0.39, 0.29) is 5.82 Å². The third-order valence-corrected chi connectivity index (χ3v) is 2.72. The van der Waals surface area contributed by atoms with Gasteiger partial charge in [0.15, 0.2) is 5.75 Å². The van der Waals surface area contributed by atoms with Crippen LogP contribution in [0.1, 0.15) is 0 Å². The van der Waals surface area contributed by atoms with E-state index < -0.39 is 0 Å². The number of nitrogens with zero attached hydrogens (tertiary/aromatic N) is 3. The predicted molar refractivity (Wildman–Crippen MR) is 64.6 cm³/mol. The summed E-state index contributed by atoms with van der Waals surface area (Å²) in [5, 5.41) is 3.88. The second-order valence-corrected chi connectivity index (χ2v) is 4.11. The molecule has 92 valence electrons. The van der Waals surface area contributed by atoms with Gasteiger partial charge >= 0.3 is 0 Å². The van der Waals surface area contributed by atoms with E-state index in [0.717, 1.165) is 26.2 Å². The first-order chi connectivity index (χ1) is 8.24. The summed E-state index contributed by atoms with van der Waals surface area (Å²) in [4.78, 5) is 9.51. The fraction of sp³-hybridized carbons (Fsp3) is 0.417. The molecule has 1 aromatic rings. The van der Waals surface area contributed by atoms with E-state index >= 15 is 0 Å². The van der Waals surface area contributed by atoms with Crippen LogP contribution in [-0.4, -0.2) is 49.4 Å². The zero-order valence-corrected chi connectivity index (χ0v) is 9.84. The minimum Gasteiger partial charge on any atom is -0.357 e. The third kappa shape index (κ3) is 3.71. The van der Waals surface area contributed by atoms with Crippen LogP contribution in [0.3, 0.4) is 0 Å². The number of likely N-dealkylation sites (N-methyl/N-ethyl adjacent to an activating group) is 1. The van der Waals surface area contributed by atoms with Crippen molar-refractivity contribution in [3.8, 4) is 5.75 Å². The van der Waals surface area contributed by atoms with Gasteiger partial charge in [-0.05, 0) is 31.3 Å². The van der Waals surface area contributed by atoms with Crippen LogP contribution in [0.2, 0.25) is 0 Å². The zero-order valence-electron chi connectivity index (χ0n) is 9.84. The van der Waals surface area contributed by atoms with Crippen LogP contribution in [0.5, 0.6) is 5.75 Å². The number of piperazine rings is 1. The summed E-state index contributed by atoms with van der Waals surface area (Å²) in [7, 11) is 2.10. The second kappa shape index (κ2) is 5.63. The van der Waals surface area contributed by atoms with Crippen molar-refractivity contribution in [3.63, 3.8) is 0 Å². The van der Waals surface area contributed by atoms with Crippen molar-refractivity contribution in [1.29, 1.82) is 0 Å². The minimum atomic E-state index is -0.277. The van der Waals surface area contributed by atoms with Crippen molar-refractivity contribution >= 4 is 6.34 Å². The molecular formula is C12H16FN3O. The largest absolute Gasteiger partial charge is 0.357 e. The molecule has 0 aromatic heterocycles. The third-order valence-electron chi connectivity index (χ3n) is 2.72.